The minimum atomic E-state index is -0.783. The molecule has 0 aliphatic rings. The normalized spacial score (nSPS) is 9.27. The number of amides is 2. The van der Waals surface area contributed by atoms with Crippen molar-refractivity contribution in [3.8, 4) is 17.9 Å². The maximum atomic E-state index is 13.4. The number of nitriles is 1. The van der Waals surface area contributed by atoms with E-state index < -0.39 is 11.8 Å². The van der Waals surface area contributed by atoms with Crippen LogP contribution in [0.4, 0.5) is 14.9 Å². The molecule has 0 spiro atoms. The van der Waals surface area contributed by atoms with Crippen molar-refractivity contribution in [1.82, 2.24) is 0 Å². The van der Waals surface area contributed by atoms with E-state index in [2.05, 4.69) is 17.2 Å². The van der Waals surface area contributed by atoms with E-state index in [-0.39, 0.29) is 16.1 Å². The summed E-state index contributed by atoms with van der Waals surface area (Å²) in [6.07, 6.45) is 0.586. The summed E-state index contributed by atoms with van der Waals surface area (Å²) < 4.78 is 13.4. The van der Waals surface area contributed by atoms with Crippen LogP contribution in [0.15, 0.2) is 24.3 Å². The third kappa shape index (κ3) is 3.48. The molecule has 0 aliphatic heterocycles. The average Bonchev–Trinajstić information content (AvgIpc) is 2.86. The number of nitrogens with zero attached hydrogens (tertiary/aromatic N) is 1. The number of halogens is 1. The summed E-state index contributed by atoms with van der Waals surface area (Å²) in [5.74, 6) is 4.84. The molecule has 2 rings (SSSR count). The van der Waals surface area contributed by atoms with Gasteiger partial charge in [0.25, 0.3) is 0 Å². The van der Waals surface area contributed by atoms with Crippen LogP contribution < -0.4 is 11.1 Å². The van der Waals surface area contributed by atoms with Gasteiger partial charge in [0, 0.05) is 5.56 Å². The fourth-order valence-electron chi connectivity index (χ4n) is 1.60. The van der Waals surface area contributed by atoms with E-state index in [4.69, 9.17) is 11.0 Å². The third-order valence-electron chi connectivity index (χ3n) is 2.55. The molecule has 2 aromatic rings. The molecule has 0 saturated carbocycles. The van der Waals surface area contributed by atoms with Crippen molar-refractivity contribution in [3.63, 3.8) is 0 Å². The van der Waals surface area contributed by atoms with Crippen molar-refractivity contribution in [3.05, 3.63) is 51.0 Å². The molecule has 0 saturated heterocycles. The van der Waals surface area contributed by atoms with Gasteiger partial charge in [-0.25, -0.2) is 9.18 Å². The number of carbonyl (C=O) groups is 2. The topological polar surface area (TPSA) is 96.0 Å². The lowest BCUT2D eigenvalue weighted by Gasteiger charge is -1.96. The first-order chi connectivity index (χ1) is 10.5. The predicted molar refractivity (Wildman–Crippen MR) is 80.0 cm³/mol. The fraction of sp³-hybridized carbons (Fsp3) is 0. The maximum Gasteiger partial charge on any atom is 0.316 e. The number of carbonyl (C=O) groups excluding carboxylic acids is 2. The molecule has 0 aliphatic carbocycles. The zero-order valence-corrected chi connectivity index (χ0v) is 11.8. The quantitative estimate of drug-likeness (QED) is 0.658. The van der Waals surface area contributed by atoms with Gasteiger partial charge in [-0.05, 0) is 24.3 Å². The van der Waals surface area contributed by atoms with Crippen molar-refractivity contribution in [1.29, 1.82) is 5.26 Å². The number of anilines is 1. The molecule has 3 N–H and O–H groups in total. The number of hydrogen-bond donors (Lipinski definition) is 2. The lowest BCUT2D eigenvalue weighted by atomic mass is 10.1. The summed E-state index contributed by atoms with van der Waals surface area (Å²) >= 11 is 1.07. The molecule has 2 amide bonds. The number of thiophene rings is 1. The highest BCUT2D eigenvalue weighted by atomic mass is 32.1. The van der Waals surface area contributed by atoms with Crippen LogP contribution >= 0.6 is 11.3 Å². The van der Waals surface area contributed by atoms with Crippen molar-refractivity contribution < 1.29 is 14.0 Å². The Bertz CT molecular complexity index is 856. The first-order valence-electron chi connectivity index (χ1n) is 5.90. The van der Waals surface area contributed by atoms with Crippen LogP contribution in [0, 0.1) is 29.0 Å². The van der Waals surface area contributed by atoms with Gasteiger partial charge in [0.05, 0.1) is 21.0 Å². The second kappa shape index (κ2) is 6.53. The molecule has 1 aromatic heterocycles. The number of urea groups is 1. The Balaban J connectivity index is 2.30. The molecule has 1 aromatic carbocycles. The van der Waals surface area contributed by atoms with Gasteiger partial charge in [-0.15, -0.1) is 11.3 Å². The summed E-state index contributed by atoms with van der Waals surface area (Å²) in [5, 5.41) is 11.0. The summed E-state index contributed by atoms with van der Waals surface area (Å²) in [6.45, 7) is 0. The SMILES string of the molecule is N#Cc1ccc(C#Cc2cc(NC(N)=O)c(C=O)s2)cc1F. The van der Waals surface area contributed by atoms with E-state index in [1.165, 1.54) is 18.2 Å². The average molecular weight is 313 g/mol. The highest BCUT2D eigenvalue weighted by molar-refractivity contribution is 7.14. The molecule has 0 atom stereocenters. The predicted octanol–water partition coefficient (Wildman–Crippen LogP) is 2.46. The van der Waals surface area contributed by atoms with Crippen LogP contribution in [0.25, 0.3) is 0 Å². The number of benzene rings is 1. The lowest BCUT2D eigenvalue weighted by molar-refractivity contribution is 0.112. The minimum Gasteiger partial charge on any atom is -0.351 e. The van der Waals surface area contributed by atoms with Crippen molar-refractivity contribution in [2.45, 2.75) is 0 Å². The Labute approximate surface area is 129 Å². The van der Waals surface area contributed by atoms with E-state index in [1.54, 1.807) is 6.07 Å². The molecule has 0 radical (unpaired) electrons. The number of primary amides is 1. The smallest absolute Gasteiger partial charge is 0.316 e. The zero-order chi connectivity index (χ0) is 16.1. The second-order valence-electron chi connectivity index (χ2n) is 4.05. The first kappa shape index (κ1) is 15.2. The van der Waals surface area contributed by atoms with Crippen molar-refractivity contribution >= 4 is 29.3 Å². The Hall–Kier alpha value is -3.16. The van der Waals surface area contributed by atoms with Gasteiger partial charge in [0.1, 0.15) is 11.9 Å². The highest BCUT2D eigenvalue weighted by Crippen LogP contribution is 2.25. The Morgan fingerprint density at radius 2 is 2.14 bits per heavy atom. The van der Waals surface area contributed by atoms with E-state index in [1.807, 2.05) is 0 Å². The van der Waals surface area contributed by atoms with Crippen LogP contribution in [0.3, 0.4) is 0 Å². The molecule has 0 bridgehead atoms. The van der Waals surface area contributed by atoms with Gasteiger partial charge in [-0.1, -0.05) is 11.8 Å². The lowest BCUT2D eigenvalue weighted by Crippen LogP contribution is -2.19. The summed E-state index contributed by atoms with van der Waals surface area (Å²) in [7, 11) is 0. The number of nitrogens with two attached hydrogens (primary N) is 1. The summed E-state index contributed by atoms with van der Waals surface area (Å²) in [5.41, 5.74) is 5.61. The van der Waals surface area contributed by atoms with Gasteiger partial charge >= 0.3 is 6.03 Å². The molecular weight excluding hydrogens is 305 g/mol. The summed E-state index contributed by atoms with van der Waals surface area (Å²) in [6, 6.07) is 6.46. The van der Waals surface area contributed by atoms with Crippen LogP contribution in [0.2, 0.25) is 0 Å². The van der Waals surface area contributed by atoms with E-state index in [9.17, 15) is 14.0 Å². The fourth-order valence-corrected chi connectivity index (χ4v) is 2.39. The molecule has 5 nitrogen and oxygen atoms in total. The monoisotopic (exact) mass is 313 g/mol. The highest BCUT2D eigenvalue weighted by Gasteiger charge is 2.08. The number of aldehydes is 1. The van der Waals surface area contributed by atoms with Crippen LogP contribution in [-0.2, 0) is 0 Å². The van der Waals surface area contributed by atoms with Crippen molar-refractivity contribution in [2.75, 3.05) is 5.32 Å². The molecule has 0 unspecified atom stereocenters. The van der Waals surface area contributed by atoms with E-state index >= 15 is 0 Å². The molecular formula is C15H8FN3O2S. The van der Waals surface area contributed by atoms with Gasteiger partial charge < -0.3 is 11.1 Å². The van der Waals surface area contributed by atoms with Gasteiger partial charge in [0.2, 0.25) is 0 Å². The molecule has 108 valence electrons. The van der Waals surface area contributed by atoms with E-state index in [0.717, 1.165) is 17.4 Å². The third-order valence-corrected chi connectivity index (χ3v) is 3.52. The zero-order valence-electron chi connectivity index (χ0n) is 11.0. The molecule has 0 fully saturated rings. The van der Waals surface area contributed by atoms with Gasteiger partial charge in [-0.3, -0.25) is 4.79 Å². The first-order valence-corrected chi connectivity index (χ1v) is 6.72. The minimum absolute atomic E-state index is 0.0575. The Morgan fingerprint density at radius 3 is 2.73 bits per heavy atom. The van der Waals surface area contributed by atoms with Crippen LogP contribution in [-0.4, -0.2) is 12.3 Å². The Morgan fingerprint density at radius 1 is 1.36 bits per heavy atom. The summed E-state index contributed by atoms with van der Waals surface area (Å²) in [4.78, 5) is 22.5. The van der Waals surface area contributed by atoms with Gasteiger partial charge in [0.15, 0.2) is 6.29 Å². The second-order valence-corrected chi connectivity index (χ2v) is 5.14. The van der Waals surface area contributed by atoms with Gasteiger partial charge in [-0.2, -0.15) is 5.26 Å². The largest absolute Gasteiger partial charge is 0.351 e. The molecule has 7 heteroatoms. The van der Waals surface area contributed by atoms with E-state index in [0.29, 0.717) is 16.7 Å². The maximum absolute atomic E-state index is 13.4. The number of rotatable bonds is 2. The molecule has 1 heterocycles. The van der Waals surface area contributed by atoms with Crippen molar-refractivity contribution in [2.24, 2.45) is 5.73 Å². The van der Waals surface area contributed by atoms with Crippen LogP contribution in [0.1, 0.15) is 25.7 Å². The Kier molecular flexibility index (Phi) is 4.52. The number of hydrogen-bond acceptors (Lipinski definition) is 4. The van der Waals surface area contributed by atoms with Crippen LogP contribution in [0.5, 0.6) is 0 Å². The standard InChI is InChI=1S/C15H8FN3O2S/c16-12-5-9(1-3-10(12)7-17)2-4-11-6-13(19-15(18)21)14(8-20)22-11/h1,3,5-6,8H,(H3,18,19,21). The number of nitrogens with one attached hydrogen (secondary N) is 1. The molecule has 22 heavy (non-hydrogen) atoms.